The summed E-state index contributed by atoms with van der Waals surface area (Å²) in [6.07, 6.45) is 6.95. The molecule has 0 bridgehead atoms. The highest BCUT2D eigenvalue weighted by molar-refractivity contribution is 5.82. The molecule has 3 aromatic carbocycles. The topological polar surface area (TPSA) is 97.1 Å². The Labute approximate surface area is 203 Å². The fraction of sp³-hybridized carbons (Fsp3) is 0. The van der Waals surface area contributed by atoms with Gasteiger partial charge in [0.05, 0.1) is 0 Å². The molecule has 0 saturated carbocycles. The van der Waals surface area contributed by atoms with E-state index in [-0.39, 0.29) is 0 Å². The molecule has 0 heterocycles. The normalized spacial score (nSPS) is 10.6. The Morgan fingerprint density at radius 3 is 1.54 bits per heavy atom. The lowest BCUT2D eigenvalue weighted by molar-refractivity contribution is -0.133. The standard InChI is InChI=1S/C28H23NO6/c1-3-27(30)34-17-15-32-23-10-5-20(6-11-23)22-9-14-25(26(29)19-22)21-7-12-24(13-8-21)33-16-18-35-28(31)4-2/h3-19H,1-2,29H2/b17-15-,18-16-. The van der Waals surface area contributed by atoms with Crippen LogP contribution in [0.4, 0.5) is 5.69 Å². The van der Waals surface area contributed by atoms with Crippen LogP contribution in [0.2, 0.25) is 0 Å². The first kappa shape index (κ1) is 24.6. The van der Waals surface area contributed by atoms with Crippen LogP contribution in [0.5, 0.6) is 11.5 Å². The van der Waals surface area contributed by atoms with Gasteiger partial charge in [-0.25, -0.2) is 9.59 Å². The lowest BCUT2D eigenvalue weighted by atomic mass is 9.98. The second kappa shape index (κ2) is 12.3. The maximum absolute atomic E-state index is 11.0. The van der Waals surface area contributed by atoms with E-state index in [1.807, 2.05) is 42.5 Å². The van der Waals surface area contributed by atoms with Crippen LogP contribution in [0.1, 0.15) is 0 Å². The summed E-state index contributed by atoms with van der Waals surface area (Å²) in [4.78, 5) is 22.0. The number of nitrogen functional groups attached to an aromatic ring is 1. The van der Waals surface area contributed by atoms with Gasteiger partial charge in [0, 0.05) is 23.4 Å². The molecule has 7 heteroatoms. The molecule has 0 atom stereocenters. The zero-order chi connectivity index (χ0) is 25.0. The minimum absolute atomic E-state index is 0.564. The largest absolute Gasteiger partial charge is 0.462 e. The summed E-state index contributed by atoms with van der Waals surface area (Å²) < 4.78 is 20.2. The van der Waals surface area contributed by atoms with E-state index in [1.54, 1.807) is 24.3 Å². The molecular formula is C28H23NO6. The fourth-order valence-electron chi connectivity index (χ4n) is 2.94. The van der Waals surface area contributed by atoms with Crippen molar-refractivity contribution in [3.63, 3.8) is 0 Å². The fourth-order valence-corrected chi connectivity index (χ4v) is 2.94. The molecule has 0 saturated heterocycles. The van der Waals surface area contributed by atoms with Gasteiger partial charge in [0.2, 0.25) is 0 Å². The Morgan fingerprint density at radius 1 is 0.629 bits per heavy atom. The Morgan fingerprint density at radius 2 is 1.09 bits per heavy atom. The number of carbonyl (C=O) groups excluding carboxylic acids is 2. The number of nitrogens with two attached hydrogens (primary N) is 1. The number of rotatable bonds is 10. The van der Waals surface area contributed by atoms with Crippen molar-refractivity contribution in [2.24, 2.45) is 0 Å². The quantitative estimate of drug-likeness (QED) is 0.174. The Bertz CT molecular complexity index is 1260. The summed E-state index contributed by atoms with van der Waals surface area (Å²) in [6, 6.07) is 20.6. The molecule has 2 N–H and O–H groups in total. The first-order chi connectivity index (χ1) is 17.0. The average molecular weight is 469 g/mol. The van der Waals surface area contributed by atoms with E-state index in [1.165, 1.54) is 12.5 Å². The molecule has 0 aromatic heterocycles. The summed E-state index contributed by atoms with van der Waals surface area (Å²) in [5.41, 5.74) is 10.7. The van der Waals surface area contributed by atoms with Crippen LogP contribution in [-0.2, 0) is 19.1 Å². The Hall–Kier alpha value is -5.04. The summed E-state index contributed by atoms with van der Waals surface area (Å²) in [5, 5.41) is 0. The molecule has 0 unspecified atom stereocenters. The molecular weight excluding hydrogens is 446 g/mol. The van der Waals surface area contributed by atoms with E-state index >= 15 is 0 Å². The third-order valence-electron chi connectivity index (χ3n) is 4.63. The molecule has 0 aliphatic heterocycles. The molecule has 176 valence electrons. The number of ether oxygens (including phenoxy) is 4. The van der Waals surface area contributed by atoms with Crippen LogP contribution < -0.4 is 15.2 Å². The van der Waals surface area contributed by atoms with Crippen molar-refractivity contribution in [1.29, 1.82) is 0 Å². The molecule has 3 aromatic rings. The number of carbonyl (C=O) groups is 2. The van der Waals surface area contributed by atoms with Crippen LogP contribution in [0.25, 0.3) is 22.3 Å². The van der Waals surface area contributed by atoms with E-state index < -0.39 is 11.9 Å². The van der Waals surface area contributed by atoms with Crippen molar-refractivity contribution in [3.8, 4) is 33.8 Å². The number of hydrogen-bond donors (Lipinski definition) is 1. The van der Waals surface area contributed by atoms with Crippen LogP contribution in [-0.4, -0.2) is 11.9 Å². The summed E-state index contributed by atoms with van der Waals surface area (Å²) in [6.45, 7) is 6.61. The lowest BCUT2D eigenvalue weighted by Crippen LogP contribution is -1.93. The lowest BCUT2D eigenvalue weighted by Gasteiger charge is -2.10. The summed E-state index contributed by atoms with van der Waals surface area (Å²) in [7, 11) is 0. The highest BCUT2D eigenvalue weighted by Crippen LogP contribution is 2.32. The van der Waals surface area contributed by atoms with E-state index in [9.17, 15) is 9.59 Å². The zero-order valence-electron chi connectivity index (χ0n) is 18.8. The molecule has 35 heavy (non-hydrogen) atoms. The highest BCUT2D eigenvalue weighted by Gasteiger charge is 2.06. The monoisotopic (exact) mass is 469 g/mol. The maximum Gasteiger partial charge on any atom is 0.335 e. The molecule has 3 rings (SSSR count). The molecule has 7 nitrogen and oxygen atoms in total. The maximum atomic E-state index is 11.0. The minimum atomic E-state index is -0.565. The summed E-state index contributed by atoms with van der Waals surface area (Å²) >= 11 is 0. The molecule has 0 spiro atoms. The Kier molecular flexibility index (Phi) is 8.62. The van der Waals surface area contributed by atoms with Gasteiger partial charge in [0.15, 0.2) is 0 Å². The van der Waals surface area contributed by atoms with E-state index in [2.05, 4.69) is 13.2 Å². The second-order valence-electron chi connectivity index (χ2n) is 6.91. The van der Waals surface area contributed by atoms with Gasteiger partial charge in [-0.15, -0.1) is 0 Å². The third-order valence-corrected chi connectivity index (χ3v) is 4.63. The van der Waals surface area contributed by atoms with Crippen molar-refractivity contribution in [1.82, 2.24) is 0 Å². The predicted molar refractivity (Wildman–Crippen MR) is 134 cm³/mol. The van der Waals surface area contributed by atoms with Gasteiger partial charge in [-0.2, -0.15) is 0 Å². The number of benzene rings is 3. The SMILES string of the molecule is C=CC(=O)O/C=C\Oc1ccc(-c2ccc(-c3ccc(O/C=C\OC(=O)C=C)cc3)c(N)c2)cc1. The number of anilines is 1. The van der Waals surface area contributed by atoms with E-state index in [4.69, 9.17) is 24.7 Å². The smallest absolute Gasteiger partial charge is 0.335 e. The number of hydrogen-bond acceptors (Lipinski definition) is 7. The van der Waals surface area contributed by atoms with Gasteiger partial charge in [-0.05, 0) is 47.0 Å². The van der Waals surface area contributed by atoms with E-state index in [0.717, 1.165) is 46.9 Å². The van der Waals surface area contributed by atoms with Crippen LogP contribution >= 0.6 is 0 Å². The molecule has 0 radical (unpaired) electrons. The van der Waals surface area contributed by atoms with Crippen LogP contribution in [0, 0.1) is 0 Å². The minimum Gasteiger partial charge on any atom is -0.462 e. The van der Waals surface area contributed by atoms with Crippen LogP contribution in [0.3, 0.4) is 0 Å². The number of esters is 2. The van der Waals surface area contributed by atoms with Crippen LogP contribution in [0.15, 0.2) is 117 Å². The van der Waals surface area contributed by atoms with Crippen molar-refractivity contribution in [3.05, 3.63) is 117 Å². The first-order valence-corrected chi connectivity index (χ1v) is 10.4. The first-order valence-electron chi connectivity index (χ1n) is 10.4. The van der Waals surface area contributed by atoms with Gasteiger partial charge >= 0.3 is 11.9 Å². The zero-order valence-corrected chi connectivity index (χ0v) is 18.8. The van der Waals surface area contributed by atoms with E-state index in [0.29, 0.717) is 17.2 Å². The highest BCUT2D eigenvalue weighted by atomic mass is 16.5. The molecule has 0 amide bonds. The van der Waals surface area contributed by atoms with Crippen molar-refractivity contribution in [2.45, 2.75) is 0 Å². The van der Waals surface area contributed by atoms with Crippen molar-refractivity contribution in [2.75, 3.05) is 5.73 Å². The third kappa shape index (κ3) is 7.23. The molecule has 0 aliphatic rings. The second-order valence-corrected chi connectivity index (χ2v) is 6.91. The molecule has 0 fully saturated rings. The average Bonchev–Trinajstić information content (AvgIpc) is 2.89. The van der Waals surface area contributed by atoms with Gasteiger partial charge < -0.3 is 24.7 Å². The Balaban J connectivity index is 1.63. The van der Waals surface area contributed by atoms with Crippen molar-refractivity contribution >= 4 is 17.6 Å². The summed E-state index contributed by atoms with van der Waals surface area (Å²) in [5.74, 6) is 0.0295. The van der Waals surface area contributed by atoms with Gasteiger partial charge in [0.1, 0.15) is 36.5 Å². The predicted octanol–water partition coefficient (Wildman–Crippen LogP) is 5.76. The van der Waals surface area contributed by atoms with Gasteiger partial charge in [0.25, 0.3) is 0 Å². The van der Waals surface area contributed by atoms with Gasteiger partial charge in [-0.3, -0.25) is 0 Å². The van der Waals surface area contributed by atoms with Crippen molar-refractivity contribution < 1.29 is 28.5 Å². The molecule has 0 aliphatic carbocycles. The van der Waals surface area contributed by atoms with Gasteiger partial charge in [-0.1, -0.05) is 49.6 Å².